The van der Waals surface area contributed by atoms with E-state index in [0.717, 1.165) is 0 Å². The minimum atomic E-state index is -0.601. The quantitative estimate of drug-likeness (QED) is 0.771. The molecule has 1 aromatic heterocycles. The van der Waals surface area contributed by atoms with E-state index in [1.807, 2.05) is 0 Å². The first-order chi connectivity index (χ1) is 12.5. The zero-order valence-electron chi connectivity index (χ0n) is 15.1. The third-order valence-electron chi connectivity index (χ3n) is 4.28. The molecule has 1 aromatic carbocycles. The van der Waals surface area contributed by atoms with Crippen LogP contribution in [0.2, 0.25) is 0 Å². The molecular formula is C18H22ClN3O5. The number of anilines is 1. The van der Waals surface area contributed by atoms with E-state index in [4.69, 9.17) is 19.6 Å². The summed E-state index contributed by atoms with van der Waals surface area (Å²) < 4.78 is 15.7. The second-order valence-electron chi connectivity index (χ2n) is 5.88. The van der Waals surface area contributed by atoms with E-state index in [1.165, 1.54) is 6.26 Å². The second-order valence-corrected chi connectivity index (χ2v) is 5.88. The lowest BCUT2D eigenvalue weighted by Crippen LogP contribution is -2.41. The first-order valence-electron chi connectivity index (χ1n) is 8.18. The number of benzene rings is 1. The molecule has 27 heavy (non-hydrogen) atoms. The number of carbonyl (C=O) groups is 2. The fourth-order valence-corrected chi connectivity index (χ4v) is 2.87. The van der Waals surface area contributed by atoms with Gasteiger partial charge in [0.05, 0.1) is 32.0 Å². The Kier molecular flexibility index (Phi) is 6.70. The summed E-state index contributed by atoms with van der Waals surface area (Å²) in [6.07, 6.45) is 1.84. The van der Waals surface area contributed by atoms with Crippen molar-refractivity contribution >= 4 is 29.9 Å². The largest absolute Gasteiger partial charge is 0.497 e. The lowest BCUT2D eigenvalue weighted by atomic mass is 10.2. The highest BCUT2D eigenvalue weighted by molar-refractivity contribution is 6.04. The van der Waals surface area contributed by atoms with Crippen molar-refractivity contribution in [3.63, 3.8) is 0 Å². The molecule has 146 valence electrons. The van der Waals surface area contributed by atoms with Gasteiger partial charge in [-0.05, 0) is 12.5 Å². The van der Waals surface area contributed by atoms with Gasteiger partial charge in [-0.1, -0.05) is 0 Å². The summed E-state index contributed by atoms with van der Waals surface area (Å²) in [5.74, 6) is 1.14. The molecule has 0 aliphatic carbocycles. The molecule has 2 heterocycles. The van der Waals surface area contributed by atoms with Crippen LogP contribution in [0, 0.1) is 0 Å². The second kappa shape index (κ2) is 8.79. The molecule has 1 aliphatic heterocycles. The van der Waals surface area contributed by atoms with Gasteiger partial charge in [0, 0.05) is 24.7 Å². The maximum atomic E-state index is 12.7. The third kappa shape index (κ3) is 4.35. The number of halogens is 1. The molecule has 0 radical (unpaired) electrons. The topological polar surface area (TPSA) is 107 Å². The predicted octanol–water partition coefficient (Wildman–Crippen LogP) is 1.71. The maximum absolute atomic E-state index is 12.7. The van der Waals surface area contributed by atoms with Crippen LogP contribution in [0.15, 0.2) is 34.9 Å². The number of hydrogen-bond donors (Lipinski definition) is 2. The Morgan fingerprint density at radius 1 is 1.26 bits per heavy atom. The van der Waals surface area contributed by atoms with Gasteiger partial charge in [-0.3, -0.25) is 9.59 Å². The fraction of sp³-hybridized carbons (Fsp3) is 0.333. The van der Waals surface area contributed by atoms with E-state index >= 15 is 0 Å². The van der Waals surface area contributed by atoms with Gasteiger partial charge in [0.1, 0.15) is 29.6 Å². The molecule has 3 rings (SSSR count). The molecule has 0 saturated carbocycles. The van der Waals surface area contributed by atoms with Crippen molar-refractivity contribution in [2.75, 3.05) is 25.7 Å². The summed E-state index contributed by atoms with van der Waals surface area (Å²) in [4.78, 5) is 26.6. The van der Waals surface area contributed by atoms with Gasteiger partial charge >= 0.3 is 0 Å². The van der Waals surface area contributed by atoms with Gasteiger partial charge in [-0.25, -0.2) is 0 Å². The van der Waals surface area contributed by atoms with Crippen LogP contribution in [0.5, 0.6) is 11.5 Å². The maximum Gasteiger partial charge on any atom is 0.255 e. The average Bonchev–Trinajstić information content (AvgIpc) is 3.28. The van der Waals surface area contributed by atoms with E-state index < -0.39 is 6.04 Å². The molecule has 1 unspecified atom stereocenters. The molecule has 8 nitrogen and oxygen atoms in total. The standard InChI is InChI=1S/C18H21N3O5.ClH/c1-24-13-6-12(7-14(8-13)25-2)21-4-3-16(18(21)23)20-17(22)11-5-15(9-19)26-10-11;/h5-8,10,16H,3-4,9,19H2,1-2H3,(H,20,22);1H. The van der Waals surface area contributed by atoms with Crippen molar-refractivity contribution in [3.8, 4) is 11.5 Å². The summed E-state index contributed by atoms with van der Waals surface area (Å²) in [6.45, 7) is 0.695. The summed E-state index contributed by atoms with van der Waals surface area (Å²) in [5.41, 5.74) is 6.48. The molecule has 3 N–H and O–H groups in total. The van der Waals surface area contributed by atoms with Crippen LogP contribution in [0.3, 0.4) is 0 Å². The normalized spacial score (nSPS) is 16.0. The predicted molar refractivity (Wildman–Crippen MR) is 102 cm³/mol. The van der Waals surface area contributed by atoms with Crippen LogP contribution in [0.25, 0.3) is 0 Å². The number of carbonyl (C=O) groups excluding carboxylic acids is 2. The van der Waals surface area contributed by atoms with Crippen LogP contribution in [-0.4, -0.2) is 38.6 Å². The number of nitrogens with two attached hydrogens (primary N) is 1. The Labute approximate surface area is 163 Å². The van der Waals surface area contributed by atoms with Gasteiger partial charge in [-0.2, -0.15) is 0 Å². The Morgan fingerprint density at radius 2 is 1.93 bits per heavy atom. The molecule has 0 spiro atoms. The van der Waals surface area contributed by atoms with Crippen molar-refractivity contribution in [1.29, 1.82) is 0 Å². The molecule has 2 aromatic rings. The number of nitrogens with zero attached hydrogens (tertiary/aromatic N) is 1. The average molecular weight is 396 g/mol. The van der Waals surface area contributed by atoms with Crippen molar-refractivity contribution < 1.29 is 23.5 Å². The molecule has 1 aliphatic rings. The number of rotatable bonds is 6. The Balaban J connectivity index is 0.00000261. The van der Waals surface area contributed by atoms with Crippen molar-refractivity contribution in [2.24, 2.45) is 5.73 Å². The lowest BCUT2D eigenvalue weighted by Gasteiger charge is -2.19. The minimum absolute atomic E-state index is 0. The molecule has 2 amide bonds. The van der Waals surface area contributed by atoms with E-state index in [2.05, 4.69) is 5.32 Å². The van der Waals surface area contributed by atoms with Gasteiger partial charge in [0.15, 0.2) is 0 Å². The number of nitrogens with one attached hydrogen (secondary N) is 1. The van der Waals surface area contributed by atoms with Crippen LogP contribution in [0.1, 0.15) is 22.5 Å². The van der Waals surface area contributed by atoms with Gasteiger partial charge < -0.3 is 29.8 Å². The summed E-state index contributed by atoms with van der Waals surface area (Å²) in [6, 6.07) is 6.22. The number of methoxy groups -OCH3 is 2. The summed E-state index contributed by atoms with van der Waals surface area (Å²) in [5, 5.41) is 2.75. The van der Waals surface area contributed by atoms with E-state index in [-0.39, 0.29) is 30.8 Å². The van der Waals surface area contributed by atoms with Crippen molar-refractivity contribution in [2.45, 2.75) is 19.0 Å². The number of amides is 2. The van der Waals surface area contributed by atoms with E-state index in [0.29, 0.717) is 41.5 Å². The Morgan fingerprint density at radius 3 is 2.48 bits per heavy atom. The Hall–Kier alpha value is -2.71. The number of furan rings is 1. The summed E-state index contributed by atoms with van der Waals surface area (Å²) in [7, 11) is 3.10. The van der Waals surface area contributed by atoms with Crippen LogP contribution < -0.4 is 25.4 Å². The van der Waals surface area contributed by atoms with Gasteiger partial charge in [-0.15, -0.1) is 12.4 Å². The molecule has 0 bridgehead atoms. The minimum Gasteiger partial charge on any atom is -0.497 e. The van der Waals surface area contributed by atoms with E-state index in [1.54, 1.807) is 43.4 Å². The molecule has 1 atom stereocenters. The van der Waals surface area contributed by atoms with Crippen LogP contribution >= 0.6 is 12.4 Å². The first kappa shape index (κ1) is 20.6. The van der Waals surface area contributed by atoms with Gasteiger partial charge in [0.2, 0.25) is 5.91 Å². The van der Waals surface area contributed by atoms with Gasteiger partial charge in [0.25, 0.3) is 5.91 Å². The highest BCUT2D eigenvalue weighted by Gasteiger charge is 2.34. The smallest absolute Gasteiger partial charge is 0.255 e. The zero-order valence-corrected chi connectivity index (χ0v) is 15.9. The monoisotopic (exact) mass is 395 g/mol. The van der Waals surface area contributed by atoms with E-state index in [9.17, 15) is 9.59 Å². The molecule has 1 saturated heterocycles. The molecule has 1 fully saturated rings. The SMILES string of the molecule is COc1cc(OC)cc(N2CCC(NC(=O)c3coc(CN)c3)C2=O)c1.Cl. The zero-order chi connectivity index (χ0) is 18.7. The van der Waals surface area contributed by atoms with Crippen molar-refractivity contribution in [1.82, 2.24) is 5.32 Å². The van der Waals surface area contributed by atoms with Crippen molar-refractivity contribution in [3.05, 3.63) is 41.9 Å². The molecule has 9 heteroatoms. The molecular weight excluding hydrogens is 374 g/mol. The highest BCUT2D eigenvalue weighted by atomic mass is 35.5. The first-order valence-corrected chi connectivity index (χ1v) is 8.18. The Bertz CT molecular complexity index is 801. The van der Waals surface area contributed by atoms with Crippen LogP contribution in [0.4, 0.5) is 5.69 Å². The highest BCUT2D eigenvalue weighted by Crippen LogP contribution is 2.31. The summed E-state index contributed by atoms with van der Waals surface area (Å²) >= 11 is 0. The number of hydrogen-bond acceptors (Lipinski definition) is 6. The third-order valence-corrected chi connectivity index (χ3v) is 4.28. The van der Waals surface area contributed by atoms with Crippen LogP contribution in [-0.2, 0) is 11.3 Å². The lowest BCUT2D eigenvalue weighted by molar-refractivity contribution is -0.118. The number of ether oxygens (including phenoxy) is 2. The fourth-order valence-electron chi connectivity index (χ4n) is 2.87.